The van der Waals surface area contributed by atoms with Gasteiger partial charge in [-0.05, 0) is 59.5 Å². The second kappa shape index (κ2) is 7.64. The van der Waals surface area contributed by atoms with E-state index in [9.17, 15) is 0 Å². The second-order valence-electron chi connectivity index (χ2n) is 5.72. The van der Waals surface area contributed by atoms with Crippen LogP contribution in [0.4, 0.5) is 0 Å². The SMILES string of the molecule is CCOc1ccc(C(NN)C(C)(C)N(C)C)cc1OCC. The van der Waals surface area contributed by atoms with Gasteiger partial charge in [-0.3, -0.25) is 11.3 Å². The highest BCUT2D eigenvalue weighted by molar-refractivity contribution is 5.44. The number of ether oxygens (including phenoxy) is 2. The van der Waals surface area contributed by atoms with Gasteiger partial charge in [0.25, 0.3) is 0 Å². The summed E-state index contributed by atoms with van der Waals surface area (Å²) in [6.07, 6.45) is 0. The van der Waals surface area contributed by atoms with E-state index >= 15 is 0 Å². The van der Waals surface area contributed by atoms with Crippen LogP contribution in [0.2, 0.25) is 0 Å². The molecule has 3 N–H and O–H groups in total. The van der Waals surface area contributed by atoms with Gasteiger partial charge in [0.15, 0.2) is 11.5 Å². The minimum absolute atomic E-state index is 0.0256. The van der Waals surface area contributed by atoms with Crippen LogP contribution in [0.25, 0.3) is 0 Å². The monoisotopic (exact) mass is 295 g/mol. The smallest absolute Gasteiger partial charge is 0.161 e. The van der Waals surface area contributed by atoms with E-state index in [1.807, 2.05) is 46.1 Å². The summed E-state index contributed by atoms with van der Waals surface area (Å²) < 4.78 is 11.3. The molecule has 1 aromatic rings. The molecule has 0 radical (unpaired) electrons. The average molecular weight is 295 g/mol. The Morgan fingerprint density at radius 1 is 1.14 bits per heavy atom. The molecule has 0 spiro atoms. The molecule has 1 aromatic carbocycles. The van der Waals surface area contributed by atoms with E-state index in [1.54, 1.807) is 0 Å². The highest BCUT2D eigenvalue weighted by Crippen LogP contribution is 2.35. The number of nitrogens with two attached hydrogens (primary N) is 1. The molecular weight excluding hydrogens is 266 g/mol. The fourth-order valence-electron chi connectivity index (χ4n) is 2.21. The van der Waals surface area contributed by atoms with Crippen molar-refractivity contribution in [2.45, 2.75) is 39.3 Å². The zero-order valence-corrected chi connectivity index (χ0v) is 14.1. The van der Waals surface area contributed by atoms with Crippen LogP contribution in [-0.2, 0) is 0 Å². The molecule has 21 heavy (non-hydrogen) atoms. The third-order valence-electron chi connectivity index (χ3n) is 3.93. The van der Waals surface area contributed by atoms with Crippen LogP contribution in [0.1, 0.15) is 39.3 Å². The van der Waals surface area contributed by atoms with Crippen molar-refractivity contribution in [3.63, 3.8) is 0 Å². The highest BCUT2D eigenvalue weighted by Gasteiger charge is 2.32. The number of likely N-dealkylation sites (N-methyl/N-ethyl adjacent to an activating group) is 1. The molecular formula is C16H29N3O2. The van der Waals surface area contributed by atoms with E-state index in [-0.39, 0.29) is 11.6 Å². The molecule has 120 valence electrons. The van der Waals surface area contributed by atoms with Gasteiger partial charge in [-0.15, -0.1) is 0 Å². The summed E-state index contributed by atoms with van der Waals surface area (Å²) in [6, 6.07) is 5.95. The minimum Gasteiger partial charge on any atom is -0.490 e. The maximum atomic E-state index is 5.80. The first-order valence-electron chi connectivity index (χ1n) is 7.41. The van der Waals surface area contributed by atoms with E-state index in [0.29, 0.717) is 13.2 Å². The largest absolute Gasteiger partial charge is 0.490 e. The Morgan fingerprint density at radius 2 is 1.71 bits per heavy atom. The molecule has 0 aromatic heterocycles. The molecule has 0 bridgehead atoms. The Kier molecular flexibility index (Phi) is 6.45. The summed E-state index contributed by atoms with van der Waals surface area (Å²) >= 11 is 0. The zero-order chi connectivity index (χ0) is 16.0. The summed E-state index contributed by atoms with van der Waals surface area (Å²) in [5.41, 5.74) is 3.85. The molecule has 1 rings (SSSR count). The highest BCUT2D eigenvalue weighted by atomic mass is 16.5. The predicted octanol–water partition coefficient (Wildman–Crippen LogP) is 2.33. The van der Waals surface area contributed by atoms with Crippen LogP contribution >= 0.6 is 0 Å². The van der Waals surface area contributed by atoms with E-state index in [2.05, 4.69) is 24.2 Å². The molecule has 0 saturated heterocycles. The summed E-state index contributed by atoms with van der Waals surface area (Å²) in [5.74, 6) is 7.32. The third kappa shape index (κ3) is 4.09. The normalized spacial score (nSPS) is 13.3. The molecule has 0 aliphatic carbocycles. The number of nitrogens with zero attached hydrogens (tertiary/aromatic N) is 1. The summed E-state index contributed by atoms with van der Waals surface area (Å²) in [4.78, 5) is 2.15. The Hall–Kier alpha value is -1.30. The van der Waals surface area contributed by atoms with E-state index in [0.717, 1.165) is 17.1 Å². The molecule has 0 aliphatic rings. The molecule has 0 heterocycles. The van der Waals surface area contributed by atoms with Crippen LogP contribution in [0.15, 0.2) is 18.2 Å². The van der Waals surface area contributed by atoms with Gasteiger partial charge < -0.3 is 14.4 Å². The van der Waals surface area contributed by atoms with Crippen LogP contribution in [0.5, 0.6) is 11.5 Å². The number of nitrogens with one attached hydrogen (secondary N) is 1. The zero-order valence-electron chi connectivity index (χ0n) is 14.1. The van der Waals surface area contributed by atoms with Gasteiger partial charge in [0.05, 0.1) is 19.3 Å². The van der Waals surface area contributed by atoms with E-state index < -0.39 is 0 Å². The molecule has 0 aliphatic heterocycles. The average Bonchev–Trinajstić information content (AvgIpc) is 2.42. The number of benzene rings is 1. The molecule has 1 atom stereocenters. The lowest BCUT2D eigenvalue weighted by atomic mass is 9.88. The summed E-state index contributed by atoms with van der Waals surface area (Å²) in [5, 5.41) is 0. The standard InChI is InChI=1S/C16H29N3O2/c1-7-20-13-10-9-12(11-14(13)21-8-2)15(18-17)16(3,4)19(5)6/h9-11,15,18H,7-8,17H2,1-6H3. The first kappa shape index (κ1) is 17.8. The van der Waals surface area contributed by atoms with Crippen LogP contribution in [-0.4, -0.2) is 37.7 Å². The van der Waals surface area contributed by atoms with Crippen LogP contribution in [0, 0.1) is 0 Å². The number of rotatable bonds is 8. The van der Waals surface area contributed by atoms with Crippen molar-refractivity contribution >= 4 is 0 Å². The topological polar surface area (TPSA) is 59.8 Å². The number of hydrogen-bond donors (Lipinski definition) is 2. The molecule has 0 saturated carbocycles. The van der Waals surface area contributed by atoms with Crippen molar-refractivity contribution in [2.24, 2.45) is 5.84 Å². The Balaban J connectivity index is 3.19. The van der Waals surface area contributed by atoms with Crippen molar-refractivity contribution in [1.29, 1.82) is 0 Å². The van der Waals surface area contributed by atoms with Crippen molar-refractivity contribution in [1.82, 2.24) is 10.3 Å². The molecule has 0 amide bonds. The summed E-state index contributed by atoms with van der Waals surface area (Å²) in [6.45, 7) is 9.43. The first-order chi connectivity index (χ1) is 9.88. The van der Waals surface area contributed by atoms with Gasteiger partial charge in [0.1, 0.15) is 0 Å². The fraction of sp³-hybridized carbons (Fsp3) is 0.625. The quantitative estimate of drug-likeness (QED) is 0.569. The lowest BCUT2D eigenvalue weighted by Crippen LogP contribution is -2.51. The molecule has 5 heteroatoms. The van der Waals surface area contributed by atoms with Gasteiger partial charge >= 0.3 is 0 Å². The maximum absolute atomic E-state index is 5.80. The number of hydrogen-bond acceptors (Lipinski definition) is 5. The van der Waals surface area contributed by atoms with Crippen molar-refractivity contribution < 1.29 is 9.47 Å². The van der Waals surface area contributed by atoms with Gasteiger partial charge in [0.2, 0.25) is 0 Å². The summed E-state index contributed by atoms with van der Waals surface area (Å²) in [7, 11) is 4.09. The maximum Gasteiger partial charge on any atom is 0.161 e. The Bertz CT molecular complexity index is 447. The Labute approximate surface area is 128 Å². The minimum atomic E-state index is -0.147. The molecule has 5 nitrogen and oxygen atoms in total. The van der Waals surface area contributed by atoms with Crippen LogP contribution < -0.4 is 20.7 Å². The van der Waals surface area contributed by atoms with E-state index in [1.165, 1.54) is 0 Å². The molecule has 0 fully saturated rings. The number of hydrazine groups is 1. The van der Waals surface area contributed by atoms with Crippen molar-refractivity contribution in [3.05, 3.63) is 23.8 Å². The van der Waals surface area contributed by atoms with Crippen molar-refractivity contribution in [2.75, 3.05) is 27.3 Å². The van der Waals surface area contributed by atoms with Gasteiger partial charge in [0, 0.05) is 5.54 Å². The fourth-order valence-corrected chi connectivity index (χ4v) is 2.21. The van der Waals surface area contributed by atoms with Gasteiger partial charge in [-0.1, -0.05) is 6.07 Å². The predicted molar refractivity (Wildman–Crippen MR) is 86.6 cm³/mol. The van der Waals surface area contributed by atoms with Crippen molar-refractivity contribution in [3.8, 4) is 11.5 Å². The van der Waals surface area contributed by atoms with Gasteiger partial charge in [-0.25, -0.2) is 0 Å². The van der Waals surface area contributed by atoms with Crippen LogP contribution in [0.3, 0.4) is 0 Å². The van der Waals surface area contributed by atoms with Gasteiger partial charge in [-0.2, -0.15) is 0 Å². The van der Waals surface area contributed by atoms with E-state index in [4.69, 9.17) is 15.3 Å². The second-order valence-corrected chi connectivity index (χ2v) is 5.72. The lowest BCUT2D eigenvalue weighted by molar-refractivity contribution is 0.138. The first-order valence-corrected chi connectivity index (χ1v) is 7.41. The third-order valence-corrected chi connectivity index (χ3v) is 3.93. The molecule has 1 unspecified atom stereocenters. The lowest BCUT2D eigenvalue weighted by Gasteiger charge is -2.40. The Morgan fingerprint density at radius 3 is 2.19 bits per heavy atom.